The Morgan fingerprint density at radius 1 is 1.19 bits per heavy atom. The number of halogens is 4. The lowest BCUT2D eigenvalue weighted by Gasteiger charge is -2.38. The molecule has 0 saturated heterocycles. The molecule has 8 heteroatoms. The second-order valence-corrected chi connectivity index (χ2v) is 6.12. The van der Waals surface area contributed by atoms with Crippen molar-refractivity contribution in [2.75, 3.05) is 0 Å². The number of rotatable bonds is 2. The van der Waals surface area contributed by atoms with E-state index in [1.807, 2.05) is 0 Å². The third kappa shape index (κ3) is 3.04. The van der Waals surface area contributed by atoms with Gasteiger partial charge in [0.2, 0.25) is 5.91 Å². The number of ether oxygens (including phenoxy) is 1. The summed E-state index contributed by atoms with van der Waals surface area (Å²) in [5, 5.41) is 12.8. The topological polar surface area (TPSA) is 58.6 Å². The summed E-state index contributed by atoms with van der Waals surface area (Å²) in [5.74, 6) is -4.67. The predicted molar refractivity (Wildman–Crippen MR) is 89.4 cm³/mol. The summed E-state index contributed by atoms with van der Waals surface area (Å²) < 4.78 is 46.0. The van der Waals surface area contributed by atoms with Crippen LogP contribution in [0.3, 0.4) is 0 Å². The highest BCUT2D eigenvalue weighted by Crippen LogP contribution is 2.48. The molecule has 3 rings (SSSR count). The van der Waals surface area contributed by atoms with Crippen molar-refractivity contribution in [1.29, 1.82) is 0 Å². The average molecular weight is 384 g/mol. The number of para-hydroxylation sites is 1. The third-order valence-electron chi connectivity index (χ3n) is 3.80. The fourth-order valence-corrected chi connectivity index (χ4v) is 2.93. The van der Waals surface area contributed by atoms with Crippen LogP contribution in [-0.2, 0) is 4.79 Å². The number of amides is 1. The highest BCUT2D eigenvalue weighted by atomic mass is 35.5. The molecule has 136 valence electrons. The van der Waals surface area contributed by atoms with Gasteiger partial charge in [-0.05, 0) is 23.8 Å². The lowest BCUT2D eigenvalue weighted by molar-refractivity contribution is -0.318. The van der Waals surface area contributed by atoms with Crippen LogP contribution >= 0.6 is 11.6 Å². The van der Waals surface area contributed by atoms with Gasteiger partial charge in [0.25, 0.3) is 0 Å². The number of benzene rings is 2. The summed E-state index contributed by atoms with van der Waals surface area (Å²) in [5.41, 5.74) is -0.255. The maximum atomic E-state index is 13.7. The molecule has 26 heavy (non-hydrogen) atoms. The highest BCUT2D eigenvalue weighted by Gasteiger charge is 2.62. The van der Waals surface area contributed by atoms with Crippen LogP contribution < -0.4 is 10.1 Å². The number of hydrogen-bond donors (Lipinski definition) is 2. The molecule has 0 fully saturated rings. The van der Waals surface area contributed by atoms with Crippen LogP contribution in [0.5, 0.6) is 5.75 Å². The summed E-state index contributed by atoms with van der Waals surface area (Å²) in [7, 11) is 0. The molecule has 0 aromatic heterocycles. The molecule has 1 aliphatic heterocycles. The van der Waals surface area contributed by atoms with Crippen molar-refractivity contribution in [3.8, 4) is 5.75 Å². The van der Waals surface area contributed by atoms with Crippen molar-refractivity contribution < 1.29 is 27.8 Å². The van der Waals surface area contributed by atoms with E-state index >= 15 is 0 Å². The second kappa shape index (κ2) is 6.34. The molecule has 1 amide bonds. The van der Waals surface area contributed by atoms with Crippen LogP contribution in [0.15, 0.2) is 54.2 Å². The maximum absolute atomic E-state index is 13.7. The number of alkyl halides is 3. The van der Waals surface area contributed by atoms with Gasteiger partial charge in [0.1, 0.15) is 11.4 Å². The van der Waals surface area contributed by atoms with E-state index in [0.29, 0.717) is 5.56 Å². The summed E-state index contributed by atoms with van der Waals surface area (Å²) in [6, 6.07) is 12.0. The van der Waals surface area contributed by atoms with Crippen LogP contribution in [0.1, 0.15) is 18.1 Å². The van der Waals surface area contributed by atoms with Crippen molar-refractivity contribution in [3.05, 3.63) is 70.4 Å². The van der Waals surface area contributed by atoms with Gasteiger partial charge in [-0.25, -0.2) is 0 Å². The summed E-state index contributed by atoms with van der Waals surface area (Å²) in [6.07, 6.45) is -5.21. The number of fused-ring (bicyclic) bond motifs is 1. The Morgan fingerprint density at radius 2 is 1.88 bits per heavy atom. The minimum atomic E-state index is -5.21. The minimum absolute atomic E-state index is 0.0237. The smallest absolute Gasteiger partial charge is 0.448 e. The van der Waals surface area contributed by atoms with Gasteiger partial charge in [0, 0.05) is 23.1 Å². The zero-order chi connectivity index (χ0) is 19.1. The summed E-state index contributed by atoms with van der Waals surface area (Å²) >= 11 is 5.98. The molecule has 2 aromatic rings. The van der Waals surface area contributed by atoms with E-state index in [-0.39, 0.29) is 21.9 Å². The van der Waals surface area contributed by atoms with Crippen molar-refractivity contribution in [1.82, 2.24) is 5.32 Å². The molecular weight excluding hydrogens is 371 g/mol. The predicted octanol–water partition coefficient (Wildman–Crippen LogP) is 3.88. The zero-order valence-corrected chi connectivity index (χ0v) is 14.2. The van der Waals surface area contributed by atoms with Crippen LogP contribution in [0.25, 0.3) is 5.57 Å². The molecule has 0 radical (unpaired) electrons. The normalized spacial score (nSPS) is 19.6. The number of carbonyl (C=O) groups excluding carboxylic acids is 1. The van der Waals surface area contributed by atoms with Crippen LogP contribution in [0.4, 0.5) is 13.2 Å². The zero-order valence-electron chi connectivity index (χ0n) is 13.4. The molecule has 0 bridgehead atoms. The molecule has 2 aromatic carbocycles. The summed E-state index contributed by atoms with van der Waals surface area (Å²) in [4.78, 5) is 11.6. The maximum Gasteiger partial charge on any atom is 0.462 e. The van der Waals surface area contributed by atoms with Crippen LogP contribution in [0, 0.1) is 0 Å². The fraction of sp³-hybridized carbons (Fsp3) is 0.167. The Balaban J connectivity index is 2.40. The largest absolute Gasteiger partial charge is 0.462 e. The monoisotopic (exact) mass is 383 g/mol. The van der Waals surface area contributed by atoms with E-state index in [9.17, 15) is 23.1 Å². The average Bonchev–Trinajstić information content (AvgIpc) is 2.54. The van der Waals surface area contributed by atoms with Gasteiger partial charge in [0.15, 0.2) is 0 Å². The van der Waals surface area contributed by atoms with E-state index in [4.69, 9.17) is 16.3 Å². The first-order valence-corrected chi connectivity index (χ1v) is 7.87. The van der Waals surface area contributed by atoms with Gasteiger partial charge in [-0.2, -0.15) is 13.2 Å². The highest BCUT2D eigenvalue weighted by molar-refractivity contribution is 6.30. The standard InChI is InChI=1S/C18H13ClF3NO3/c1-10(24)23-16-15(11-5-4-6-12(19)9-11)13-7-2-3-8-14(13)26-17(16,25)18(20,21)22/h2-9,25H,1H3,(H,23,24). The Morgan fingerprint density at radius 3 is 2.50 bits per heavy atom. The Bertz CT molecular complexity index is 911. The SMILES string of the molecule is CC(=O)NC1=C(c2cccc(Cl)c2)c2ccccc2OC1(O)C(F)(F)F. The van der Waals surface area contributed by atoms with Crippen molar-refractivity contribution >= 4 is 23.1 Å². The van der Waals surface area contributed by atoms with Gasteiger partial charge < -0.3 is 15.2 Å². The molecule has 1 atom stereocenters. The quantitative estimate of drug-likeness (QED) is 0.827. The molecule has 4 nitrogen and oxygen atoms in total. The molecule has 1 heterocycles. The van der Waals surface area contributed by atoms with E-state index in [1.54, 1.807) is 18.2 Å². The Hall–Kier alpha value is -2.51. The Kier molecular flexibility index (Phi) is 4.46. The second-order valence-electron chi connectivity index (χ2n) is 5.68. The van der Waals surface area contributed by atoms with Crippen LogP contribution in [-0.4, -0.2) is 23.0 Å². The fourth-order valence-electron chi connectivity index (χ4n) is 2.74. The molecule has 1 unspecified atom stereocenters. The lowest BCUT2D eigenvalue weighted by atomic mass is 9.89. The molecule has 0 aliphatic carbocycles. The van der Waals surface area contributed by atoms with E-state index in [1.165, 1.54) is 30.3 Å². The van der Waals surface area contributed by atoms with Gasteiger partial charge in [0.05, 0.1) is 0 Å². The Labute approximate surface area is 151 Å². The van der Waals surface area contributed by atoms with Crippen molar-refractivity contribution in [3.63, 3.8) is 0 Å². The molecular formula is C18H13ClF3NO3. The van der Waals surface area contributed by atoms with Crippen molar-refractivity contribution in [2.24, 2.45) is 0 Å². The first-order valence-electron chi connectivity index (χ1n) is 7.49. The van der Waals surface area contributed by atoms with Crippen LogP contribution in [0.2, 0.25) is 5.02 Å². The van der Waals surface area contributed by atoms with E-state index < -0.39 is 23.6 Å². The minimum Gasteiger partial charge on any atom is -0.448 e. The molecule has 0 saturated carbocycles. The van der Waals surface area contributed by atoms with Gasteiger partial charge >= 0.3 is 12.0 Å². The first kappa shape index (κ1) is 18.3. The summed E-state index contributed by atoms with van der Waals surface area (Å²) in [6.45, 7) is 1.04. The number of nitrogens with one attached hydrogen (secondary N) is 1. The van der Waals surface area contributed by atoms with E-state index in [2.05, 4.69) is 5.32 Å². The van der Waals surface area contributed by atoms with Gasteiger partial charge in [-0.3, -0.25) is 4.79 Å². The molecule has 1 aliphatic rings. The van der Waals surface area contributed by atoms with E-state index in [0.717, 1.165) is 6.92 Å². The number of carbonyl (C=O) groups is 1. The number of aliphatic hydroxyl groups is 1. The third-order valence-corrected chi connectivity index (χ3v) is 4.04. The van der Waals surface area contributed by atoms with Crippen molar-refractivity contribution in [2.45, 2.75) is 18.9 Å². The van der Waals surface area contributed by atoms with Gasteiger partial charge in [-0.1, -0.05) is 41.9 Å². The molecule has 2 N–H and O–H groups in total. The lowest BCUT2D eigenvalue weighted by Crippen LogP contribution is -2.57. The first-order chi connectivity index (χ1) is 12.1. The molecule has 0 spiro atoms. The number of hydrogen-bond acceptors (Lipinski definition) is 3. The van der Waals surface area contributed by atoms with Gasteiger partial charge in [-0.15, -0.1) is 0 Å².